The fraction of sp³-hybridized carbons (Fsp3) is 0.417. The van der Waals surface area contributed by atoms with Gasteiger partial charge in [-0.3, -0.25) is 9.69 Å². The minimum atomic E-state index is -0.275. The van der Waals surface area contributed by atoms with Gasteiger partial charge in [0.1, 0.15) is 16.5 Å². The molecule has 1 unspecified atom stereocenters. The van der Waals surface area contributed by atoms with Crippen molar-refractivity contribution in [2.45, 2.75) is 25.4 Å². The maximum absolute atomic E-state index is 11.4. The number of hydrogen-bond acceptors (Lipinski definition) is 6. The first-order chi connectivity index (χ1) is 9.15. The van der Waals surface area contributed by atoms with E-state index in [9.17, 15) is 4.79 Å². The van der Waals surface area contributed by atoms with Crippen LogP contribution in [0.25, 0.3) is 10.2 Å². The van der Waals surface area contributed by atoms with Gasteiger partial charge in [0.15, 0.2) is 0 Å². The second-order valence-electron chi connectivity index (χ2n) is 4.70. The van der Waals surface area contributed by atoms with E-state index in [0.29, 0.717) is 18.2 Å². The van der Waals surface area contributed by atoms with Crippen molar-refractivity contribution in [3.05, 3.63) is 17.3 Å². The molecular weight excluding hydrogens is 262 g/mol. The highest BCUT2D eigenvalue weighted by Gasteiger charge is 2.29. The summed E-state index contributed by atoms with van der Waals surface area (Å²) in [7, 11) is 0. The zero-order chi connectivity index (χ0) is 13.4. The third kappa shape index (κ3) is 2.26. The first kappa shape index (κ1) is 12.3. The van der Waals surface area contributed by atoms with Crippen LogP contribution in [0.2, 0.25) is 0 Å². The molecular formula is C12H15N5OS. The zero-order valence-electron chi connectivity index (χ0n) is 10.4. The van der Waals surface area contributed by atoms with Gasteiger partial charge in [-0.25, -0.2) is 9.97 Å². The van der Waals surface area contributed by atoms with Crippen LogP contribution in [0.4, 0.5) is 5.82 Å². The van der Waals surface area contributed by atoms with Gasteiger partial charge in [0.05, 0.1) is 18.0 Å². The van der Waals surface area contributed by atoms with Gasteiger partial charge in [0.25, 0.3) is 0 Å². The van der Waals surface area contributed by atoms with Gasteiger partial charge in [-0.05, 0) is 30.8 Å². The SMILES string of the molecule is NC(=O)C1CCCN1Cc1nc(N)c2ccsc2n1. The van der Waals surface area contributed by atoms with Crippen LogP contribution in [-0.4, -0.2) is 33.4 Å². The molecule has 1 aliphatic rings. The molecule has 3 heterocycles. The number of carbonyl (C=O) groups is 1. The van der Waals surface area contributed by atoms with Crippen LogP contribution in [0.15, 0.2) is 11.4 Å². The fourth-order valence-electron chi connectivity index (χ4n) is 2.51. The molecule has 0 aromatic carbocycles. The molecule has 6 nitrogen and oxygen atoms in total. The van der Waals surface area contributed by atoms with Gasteiger partial charge in [0, 0.05) is 0 Å². The topological polar surface area (TPSA) is 98.1 Å². The van der Waals surface area contributed by atoms with Crippen molar-refractivity contribution in [3.8, 4) is 0 Å². The third-order valence-electron chi connectivity index (χ3n) is 3.44. The monoisotopic (exact) mass is 277 g/mol. The van der Waals surface area contributed by atoms with E-state index in [-0.39, 0.29) is 11.9 Å². The number of aromatic nitrogens is 2. The number of fused-ring (bicyclic) bond motifs is 1. The molecule has 1 saturated heterocycles. The average molecular weight is 277 g/mol. The predicted octanol–water partition coefficient (Wildman–Crippen LogP) is 0.723. The zero-order valence-corrected chi connectivity index (χ0v) is 11.2. The summed E-state index contributed by atoms with van der Waals surface area (Å²) in [5, 5.41) is 2.84. The van der Waals surface area contributed by atoms with Crippen LogP contribution in [-0.2, 0) is 11.3 Å². The number of hydrogen-bond donors (Lipinski definition) is 2. The number of nitrogen functional groups attached to an aromatic ring is 1. The molecule has 0 bridgehead atoms. The van der Waals surface area contributed by atoms with Gasteiger partial charge in [0.2, 0.25) is 5.91 Å². The Balaban J connectivity index is 1.86. The van der Waals surface area contributed by atoms with Gasteiger partial charge in [-0.1, -0.05) is 0 Å². The second-order valence-corrected chi connectivity index (χ2v) is 5.59. The first-order valence-electron chi connectivity index (χ1n) is 6.18. The van der Waals surface area contributed by atoms with Crippen LogP contribution in [0.1, 0.15) is 18.7 Å². The molecule has 4 N–H and O–H groups in total. The van der Waals surface area contributed by atoms with Crippen molar-refractivity contribution < 1.29 is 4.79 Å². The summed E-state index contributed by atoms with van der Waals surface area (Å²) < 4.78 is 0. The number of likely N-dealkylation sites (tertiary alicyclic amines) is 1. The summed E-state index contributed by atoms with van der Waals surface area (Å²) in [5.41, 5.74) is 11.3. The van der Waals surface area contributed by atoms with Crippen molar-refractivity contribution in [3.63, 3.8) is 0 Å². The second kappa shape index (κ2) is 4.75. The van der Waals surface area contributed by atoms with E-state index in [4.69, 9.17) is 11.5 Å². The van der Waals surface area contributed by atoms with Crippen LogP contribution >= 0.6 is 11.3 Å². The molecule has 2 aromatic rings. The summed E-state index contributed by atoms with van der Waals surface area (Å²) in [4.78, 5) is 23.1. The summed E-state index contributed by atoms with van der Waals surface area (Å²) in [6, 6.07) is 1.71. The van der Waals surface area contributed by atoms with E-state index in [0.717, 1.165) is 29.6 Å². The Morgan fingerprint density at radius 1 is 1.53 bits per heavy atom. The normalized spacial score (nSPS) is 20.1. The minimum Gasteiger partial charge on any atom is -0.383 e. The summed E-state index contributed by atoms with van der Waals surface area (Å²) in [6.45, 7) is 1.37. The molecule has 7 heteroatoms. The quantitative estimate of drug-likeness (QED) is 0.861. The highest BCUT2D eigenvalue weighted by molar-refractivity contribution is 7.16. The Morgan fingerprint density at radius 2 is 2.37 bits per heavy atom. The molecule has 1 amide bonds. The fourth-order valence-corrected chi connectivity index (χ4v) is 3.30. The molecule has 0 saturated carbocycles. The predicted molar refractivity (Wildman–Crippen MR) is 74.5 cm³/mol. The van der Waals surface area contributed by atoms with E-state index in [2.05, 4.69) is 9.97 Å². The third-order valence-corrected chi connectivity index (χ3v) is 4.24. The number of thiophene rings is 1. The molecule has 19 heavy (non-hydrogen) atoms. The van der Waals surface area contributed by atoms with Gasteiger partial charge >= 0.3 is 0 Å². The molecule has 100 valence electrons. The van der Waals surface area contributed by atoms with Gasteiger partial charge < -0.3 is 11.5 Å². The lowest BCUT2D eigenvalue weighted by molar-refractivity contribution is -0.122. The van der Waals surface area contributed by atoms with E-state index < -0.39 is 0 Å². The van der Waals surface area contributed by atoms with Crippen LogP contribution in [0, 0.1) is 0 Å². The molecule has 1 atom stereocenters. The van der Waals surface area contributed by atoms with Crippen LogP contribution < -0.4 is 11.5 Å². The van der Waals surface area contributed by atoms with E-state index in [1.807, 2.05) is 16.3 Å². The Hall–Kier alpha value is -1.73. The Morgan fingerprint density at radius 3 is 3.16 bits per heavy atom. The van der Waals surface area contributed by atoms with E-state index in [1.54, 1.807) is 0 Å². The number of nitrogens with zero attached hydrogens (tertiary/aromatic N) is 3. The highest BCUT2D eigenvalue weighted by Crippen LogP contribution is 2.24. The lowest BCUT2D eigenvalue weighted by Crippen LogP contribution is -2.40. The number of anilines is 1. The molecule has 0 spiro atoms. The lowest BCUT2D eigenvalue weighted by atomic mass is 10.2. The van der Waals surface area contributed by atoms with Gasteiger partial charge in [-0.15, -0.1) is 11.3 Å². The average Bonchev–Trinajstić information content (AvgIpc) is 2.97. The molecule has 2 aromatic heterocycles. The van der Waals surface area contributed by atoms with E-state index in [1.165, 1.54) is 11.3 Å². The Bertz CT molecular complexity index is 626. The van der Waals surface area contributed by atoms with Crippen molar-refractivity contribution in [1.82, 2.24) is 14.9 Å². The lowest BCUT2D eigenvalue weighted by Gasteiger charge is -2.20. The minimum absolute atomic E-state index is 0.205. The highest BCUT2D eigenvalue weighted by atomic mass is 32.1. The molecule has 0 aliphatic carbocycles. The number of primary amides is 1. The number of amides is 1. The van der Waals surface area contributed by atoms with Gasteiger partial charge in [-0.2, -0.15) is 0 Å². The Labute approximate surface area is 114 Å². The first-order valence-corrected chi connectivity index (χ1v) is 7.06. The summed E-state index contributed by atoms with van der Waals surface area (Å²) in [6.07, 6.45) is 1.79. The van der Waals surface area contributed by atoms with Crippen molar-refractivity contribution in [2.75, 3.05) is 12.3 Å². The largest absolute Gasteiger partial charge is 0.383 e. The smallest absolute Gasteiger partial charge is 0.234 e. The summed E-state index contributed by atoms with van der Waals surface area (Å²) >= 11 is 1.54. The van der Waals surface area contributed by atoms with Crippen LogP contribution in [0.3, 0.4) is 0 Å². The van der Waals surface area contributed by atoms with Crippen LogP contribution in [0.5, 0.6) is 0 Å². The van der Waals surface area contributed by atoms with E-state index >= 15 is 0 Å². The summed E-state index contributed by atoms with van der Waals surface area (Å²) in [5.74, 6) is 0.874. The maximum atomic E-state index is 11.4. The molecule has 3 rings (SSSR count). The number of rotatable bonds is 3. The molecule has 1 aliphatic heterocycles. The number of nitrogens with two attached hydrogens (primary N) is 2. The Kier molecular flexibility index (Phi) is 3.08. The van der Waals surface area contributed by atoms with Crippen molar-refractivity contribution in [2.24, 2.45) is 5.73 Å². The van der Waals surface area contributed by atoms with Crippen molar-refractivity contribution in [1.29, 1.82) is 0 Å². The number of carbonyl (C=O) groups excluding carboxylic acids is 1. The standard InChI is InChI=1S/C12H15N5OS/c13-10-7-3-5-19-12(7)16-9(15-10)6-17-4-1-2-8(17)11(14)18/h3,5,8H,1-2,4,6H2,(H2,14,18)(H2,13,15,16). The van der Waals surface area contributed by atoms with Crippen molar-refractivity contribution >= 4 is 33.3 Å². The maximum Gasteiger partial charge on any atom is 0.234 e. The molecule has 0 radical (unpaired) electrons. The molecule has 1 fully saturated rings.